The number of halogens is 1. The number of Topliss-reactive ketones (excluding diaryl/α,β-unsaturated/α-hetero) is 1. The minimum Gasteiger partial charge on any atom is -0.293 e. The van der Waals surface area contributed by atoms with Gasteiger partial charge in [0.25, 0.3) is 0 Å². The highest BCUT2D eigenvalue weighted by Crippen LogP contribution is 2.32. The number of hydrogen-bond acceptors (Lipinski definition) is 2. The Kier molecular flexibility index (Phi) is 4.81. The SMILES string of the molecule is CC1CCCC(SCC(=O)c2cccc(F)c2)C1. The zero-order chi connectivity index (χ0) is 13.0. The second kappa shape index (κ2) is 6.37. The Hall–Kier alpha value is -0.830. The van der Waals surface area contributed by atoms with E-state index in [-0.39, 0.29) is 11.6 Å². The molecule has 0 aromatic heterocycles. The predicted octanol–water partition coefficient (Wildman–Crippen LogP) is 4.32. The van der Waals surface area contributed by atoms with E-state index in [4.69, 9.17) is 0 Å². The van der Waals surface area contributed by atoms with E-state index in [1.807, 2.05) is 0 Å². The topological polar surface area (TPSA) is 17.1 Å². The molecule has 0 amide bonds. The Labute approximate surface area is 112 Å². The number of ketones is 1. The van der Waals surface area contributed by atoms with Crippen LogP contribution in [0.5, 0.6) is 0 Å². The lowest BCUT2D eigenvalue weighted by Gasteiger charge is -2.25. The van der Waals surface area contributed by atoms with E-state index in [0.717, 1.165) is 5.92 Å². The molecule has 1 fully saturated rings. The summed E-state index contributed by atoms with van der Waals surface area (Å²) < 4.78 is 13.0. The van der Waals surface area contributed by atoms with Gasteiger partial charge in [0.1, 0.15) is 5.82 Å². The van der Waals surface area contributed by atoms with Crippen LogP contribution in [-0.2, 0) is 0 Å². The number of hydrogen-bond donors (Lipinski definition) is 0. The summed E-state index contributed by atoms with van der Waals surface area (Å²) in [5, 5.41) is 0.603. The normalized spacial score (nSPS) is 23.9. The van der Waals surface area contributed by atoms with Crippen molar-refractivity contribution in [3.8, 4) is 0 Å². The summed E-state index contributed by atoms with van der Waals surface area (Å²) in [5.41, 5.74) is 0.492. The molecule has 1 aliphatic carbocycles. The fourth-order valence-corrected chi connectivity index (χ4v) is 3.82. The summed E-state index contributed by atoms with van der Waals surface area (Å²) in [5.74, 6) is 0.955. The van der Waals surface area contributed by atoms with E-state index in [0.29, 0.717) is 16.6 Å². The van der Waals surface area contributed by atoms with Crippen molar-refractivity contribution in [1.82, 2.24) is 0 Å². The van der Waals surface area contributed by atoms with Gasteiger partial charge in [-0.05, 0) is 30.9 Å². The van der Waals surface area contributed by atoms with Crippen LogP contribution in [0.15, 0.2) is 24.3 Å². The first-order chi connectivity index (χ1) is 8.65. The summed E-state index contributed by atoms with van der Waals surface area (Å²) >= 11 is 1.74. The average Bonchev–Trinajstić information content (AvgIpc) is 2.36. The molecule has 0 aliphatic heterocycles. The van der Waals surface area contributed by atoms with Gasteiger partial charge in [-0.15, -0.1) is 0 Å². The van der Waals surface area contributed by atoms with E-state index < -0.39 is 0 Å². The van der Waals surface area contributed by atoms with Gasteiger partial charge in [-0.25, -0.2) is 4.39 Å². The highest BCUT2D eigenvalue weighted by atomic mass is 32.2. The smallest absolute Gasteiger partial charge is 0.172 e. The van der Waals surface area contributed by atoms with Crippen molar-refractivity contribution < 1.29 is 9.18 Å². The van der Waals surface area contributed by atoms with E-state index in [1.54, 1.807) is 23.9 Å². The third-order valence-corrected chi connectivity index (χ3v) is 4.81. The zero-order valence-corrected chi connectivity index (χ0v) is 11.5. The molecular weight excluding hydrogens is 247 g/mol. The summed E-state index contributed by atoms with van der Waals surface area (Å²) in [6, 6.07) is 5.98. The Morgan fingerprint density at radius 3 is 3.00 bits per heavy atom. The molecule has 1 aromatic rings. The predicted molar refractivity (Wildman–Crippen MR) is 74.6 cm³/mol. The molecule has 2 atom stereocenters. The first kappa shape index (κ1) is 13.6. The van der Waals surface area contributed by atoms with Crippen LogP contribution in [0.1, 0.15) is 43.0 Å². The molecule has 1 aromatic carbocycles. The molecule has 2 rings (SSSR count). The average molecular weight is 266 g/mol. The summed E-state index contributed by atoms with van der Waals surface area (Å²) in [4.78, 5) is 11.9. The van der Waals surface area contributed by atoms with Crippen LogP contribution >= 0.6 is 11.8 Å². The van der Waals surface area contributed by atoms with Gasteiger partial charge < -0.3 is 0 Å². The Morgan fingerprint density at radius 2 is 2.28 bits per heavy atom. The minimum atomic E-state index is -0.336. The molecule has 0 radical (unpaired) electrons. The van der Waals surface area contributed by atoms with Crippen molar-refractivity contribution in [2.24, 2.45) is 5.92 Å². The number of carbonyl (C=O) groups is 1. The van der Waals surface area contributed by atoms with Gasteiger partial charge in [0.15, 0.2) is 5.78 Å². The summed E-state index contributed by atoms with van der Waals surface area (Å²) in [6.45, 7) is 2.28. The van der Waals surface area contributed by atoms with Crippen LogP contribution in [0.4, 0.5) is 4.39 Å². The van der Waals surface area contributed by atoms with Gasteiger partial charge in [-0.3, -0.25) is 4.79 Å². The molecule has 98 valence electrons. The van der Waals surface area contributed by atoms with E-state index in [9.17, 15) is 9.18 Å². The monoisotopic (exact) mass is 266 g/mol. The second-order valence-corrected chi connectivity index (χ2v) is 6.43. The lowest BCUT2D eigenvalue weighted by molar-refractivity contribution is 0.102. The molecule has 0 spiro atoms. The lowest BCUT2D eigenvalue weighted by atomic mass is 9.91. The zero-order valence-electron chi connectivity index (χ0n) is 10.7. The number of rotatable bonds is 4. The van der Waals surface area contributed by atoms with Crippen LogP contribution in [-0.4, -0.2) is 16.8 Å². The van der Waals surface area contributed by atoms with E-state index in [2.05, 4.69) is 6.92 Å². The van der Waals surface area contributed by atoms with Gasteiger partial charge in [0.2, 0.25) is 0 Å². The third-order valence-electron chi connectivity index (χ3n) is 3.49. The standard InChI is InChI=1S/C15H19FOS/c1-11-4-2-7-14(8-11)18-10-15(17)12-5-3-6-13(16)9-12/h3,5-6,9,11,14H,2,4,7-8,10H2,1H3. The molecular formula is C15H19FOS. The van der Waals surface area contributed by atoms with Crippen molar-refractivity contribution in [3.05, 3.63) is 35.6 Å². The molecule has 18 heavy (non-hydrogen) atoms. The summed E-state index contributed by atoms with van der Waals surface area (Å²) in [7, 11) is 0. The van der Waals surface area contributed by atoms with Crippen LogP contribution in [0, 0.1) is 11.7 Å². The lowest BCUT2D eigenvalue weighted by Crippen LogP contribution is -2.17. The van der Waals surface area contributed by atoms with Crippen molar-refractivity contribution in [1.29, 1.82) is 0 Å². The fourth-order valence-electron chi connectivity index (χ4n) is 2.47. The first-order valence-electron chi connectivity index (χ1n) is 6.55. The van der Waals surface area contributed by atoms with Gasteiger partial charge in [0, 0.05) is 10.8 Å². The largest absolute Gasteiger partial charge is 0.293 e. The maximum atomic E-state index is 13.0. The van der Waals surface area contributed by atoms with Crippen molar-refractivity contribution in [3.63, 3.8) is 0 Å². The Morgan fingerprint density at radius 1 is 1.44 bits per heavy atom. The highest BCUT2D eigenvalue weighted by molar-refractivity contribution is 8.00. The minimum absolute atomic E-state index is 0.0396. The van der Waals surface area contributed by atoms with Crippen LogP contribution in [0.2, 0.25) is 0 Å². The molecule has 3 heteroatoms. The Balaban J connectivity index is 1.84. The molecule has 1 saturated carbocycles. The quantitative estimate of drug-likeness (QED) is 0.755. The fraction of sp³-hybridized carbons (Fsp3) is 0.533. The molecule has 1 nitrogen and oxygen atoms in total. The third kappa shape index (κ3) is 3.84. The molecule has 0 heterocycles. The number of benzene rings is 1. The molecule has 2 unspecified atom stereocenters. The first-order valence-corrected chi connectivity index (χ1v) is 7.60. The van der Waals surface area contributed by atoms with Crippen LogP contribution < -0.4 is 0 Å². The number of carbonyl (C=O) groups excluding carboxylic acids is 1. The highest BCUT2D eigenvalue weighted by Gasteiger charge is 2.20. The van der Waals surface area contributed by atoms with Crippen LogP contribution in [0.25, 0.3) is 0 Å². The van der Waals surface area contributed by atoms with Crippen molar-refractivity contribution in [2.75, 3.05) is 5.75 Å². The summed E-state index contributed by atoms with van der Waals surface area (Å²) in [6.07, 6.45) is 5.01. The number of thioether (sulfide) groups is 1. The molecule has 0 bridgehead atoms. The van der Waals surface area contributed by atoms with Gasteiger partial charge >= 0.3 is 0 Å². The maximum Gasteiger partial charge on any atom is 0.172 e. The Bertz CT molecular complexity index is 419. The van der Waals surface area contributed by atoms with Crippen LogP contribution in [0.3, 0.4) is 0 Å². The van der Waals surface area contributed by atoms with Gasteiger partial charge in [0.05, 0.1) is 5.75 Å². The molecule has 0 N–H and O–H groups in total. The van der Waals surface area contributed by atoms with Crippen molar-refractivity contribution >= 4 is 17.5 Å². The molecule has 0 saturated heterocycles. The van der Waals surface area contributed by atoms with E-state index >= 15 is 0 Å². The molecule has 1 aliphatic rings. The second-order valence-electron chi connectivity index (χ2n) is 5.14. The van der Waals surface area contributed by atoms with Crippen molar-refractivity contribution in [2.45, 2.75) is 37.9 Å². The van der Waals surface area contributed by atoms with Gasteiger partial charge in [-0.2, -0.15) is 11.8 Å². The van der Waals surface area contributed by atoms with Gasteiger partial charge in [-0.1, -0.05) is 31.9 Å². The van der Waals surface area contributed by atoms with E-state index in [1.165, 1.54) is 37.8 Å². The maximum absolute atomic E-state index is 13.0.